The monoisotopic (exact) mass is 479 g/mol. The van der Waals surface area contributed by atoms with E-state index >= 15 is 0 Å². The molecule has 0 saturated carbocycles. The van der Waals surface area contributed by atoms with E-state index in [2.05, 4.69) is 35.6 Å². The van der Waals surface area contributed by atoms with Crippen LogP contribution >= 0.6 is 11.3 Å². The Morgan fingerprint density at radius 3 is 2.65 bits per heavy atom. The number of fused-ring (bicyclic) bond motifs is 3. The van der Waals surface area contributed by atoms with Crippen molar-refractivity contribution in [2.75, 3.05) is 26.2 Å². The molecule has 4 heterocycles. The normalized spacial score (nSPS) is 24.5. The molecule has 3 aliphatic rings. The van der Waals surface area contributed by atoms with Gasteiger partial charge in [0.25, 0.3) is 0 Å². The molecular formula is C28H32FN2O2S+. The summed E-state index contributed by atoms with van der Waals surface area (Å²) in [5, 5.41) is 4.99. The summed E-state index contributed by atoms with van der Waals surface area (Å²) in [7, 11) is 0. The number of ether oxygens (including phenoxy) is 1. The van der Waals surface area contributed by atoms with Crippen LogP contribution in [0.4, 0.5) is 9.18 Å². The lowest BCUT2D eigenvalue weighted by Gasteiger charge is -2.52. The molecule has 4 nitrogen and oxygen atoms in total. The number of halogens is 1. The van der Waals surface area contributed by atoms with E-state index in [1.165, 1.54) is 30.8 Å². The van der Waals surface area contributed by atoms with Crippen molar-refractivity contribution >= 4 is 17.4 Å². The van der Waals surface area contributed by atoms with Crippen LogP contribution in [0.15, 0.2) is 72.1 Å². The topological polar surface area (TPSA) is 38.3 Å². The summed E-state index contributed by atoms with van der Waals surface area (Å²) >= 11 is 1.54. The molecule has 3 saturated heterocycles. The fourth-order valence-electron chi connectivity index (χ4n) is 5.68. The zero-order valence-electron chi connectivity index (χ0n) is 19.4. The average Bonchev–Trinajstić information content (AvgIpc) is 3.39. The molecule has 6 rings (SSSR count). The van der Waals surface area contributed by atoms with Crippen molar-refractivity contribution in [3.8, 4) is 0 Å². The molecule has 3 aromatic rings. The summed E-state index contributed by atoms with van der Waals surface area (Å²) < 4.78 is 21.0. The number of piperidine rings is 3. The Morgan fingerprint density at radius 2 is 1.91 bits per heavy atom. The van der Waals surface area contributed by atoms with Gasteiger partial charge in [0, 0.05) is 30.1 Å². The molecule has 1 aromatic heterocycles. The van der Waals surface area contributed by atoms with Gasteiger partial charge in [-0.3, -0.25) is 0 Å². The number of thiophene rings is 1. The Balaban J connectivity index is 1.21. The van der Waals surface area contributed by atoms with E-state index in [1.54, 1.807) is 17.4 Å². The Kier molecular flexibility index (Phi) is 6.97. The van der Waals surface area contributed by atoms with E-state index in [1.807, 2.05) is 23.6 Å². The lowest BCUT2D eigenvalue weighted by Crippen LogP contribution is -2.65. The summed E-state index contributed by atoms with van der Waals surface area (Å²) in [6, 6.07) is 20.6. The van der Waals surface area contributed by atoms with Crippen LogP contribution < -0.4 is 5.32 Å². The number of carbonyl (C=O) groups is 1. The number of hydrogen-bond acceptors (Lipinski definition) is 3. The van der Waals surface area contributed by atoms with Gasteiger partial charge < -0.3 is 14.5 Å². The second-order valence-electron chi connectivity index (χ2n) is 9.71. The van der Waals surface area contributed by atoms with Crippen LogP contribution in [0.25, 0.3) is 0 Å². The second kappa shape index (κ2) is 10.3. The number of rotatable bonds is 8. The zero-order chi connectivity index (χ0) is 23.4. The van der Waals surface area contributed by atoms with E-state index in [-0.39, 0.29) is 11.9 Å². The maximum absolute atomic E-state index is 13.9. The van der Waals surface area contributed by atoms with Crippen LogP contribution in [-0.2, 0) is 11.2 Å². The molecule has 1 unspecified atom stereocenters. The molecule has 2 bridgehead atoms. The number of benzene rings is 2. The number of nitrogens with one attached hydrogen (secondary N) is 1. The van der Waals surface area contributed by atoms with Crippen molar-refractivity contribution in [2.45, 2.75) is 37.8 Å². The van der Waals surface area contributed by atoms with Crippen LogP contribution in [0.2, 0.25) is 0 Å². The first kappa shape index (κ1) is 23.1. The molecule has 178 valence electrons. The predicted octanol–water partition coefficient (Wildman–Crippen LogP) is 5.94. The highest BCUT2D eigenvalue weighted by Crippen LogP contribution is 2.36. The van der Waals surface area contributed by atoms with Crippen molar-refractivity contribution in [3.63, 3.8) is 0 Å². The third-order valence-electron chi connectivity index (χ3n) is 7.51. The smallest absolute Gasteiger partial charge is 0.408 e. The molecule has 1 amide bonds. The number of quaternary nitrogens is 1. The summed E-state index contributed by atoms with van der Waals surface area (Å²) in [5.41, 5.74) is 2.11. The lowest BCUT2D eigenvalue weighted by molar-refractivity contribution is -0.946. The van der Waals surface area contributed by atoms with Gasteiger partial charge in [-0.2, -0.15) is 0 Å². The van der Waals surface area contributed by atoms with Crippen molar-refractivity contribution in [2.24, 2.45) is 5.92 Å². The molecule has 34 heavy (non-hydrogen) atoms. The van der Waals surface area contributed by atoms with Crippen LogP contribution in [0.3, 0.4) is 0 Å². The number of aryl methyl sites for hydroxylation is 1. The maximum Gasteiger partial charge on any atom is 0.408 e. The zero-order valence-corrected chi connectivity index (χ0v) is 20.2. The third-order valence-corrected chi connectivity index (χ3v) is 8.45. The third kappa shape index (κ3) is 5.34. The van der Waals surface area contributed by atoms with Gasteiger partial charge in [0.2, 0.25) is 0 Å². The van der Waals surface area contributed by atoms with Gasteiger partial charge in [-0.1, -0.05) is 48.5 Å². The molecule has 2 aromatic carbocycles. The minimum Gasteiger partial charge on any atom is -0.440 e. The minimum atomic E-state index is -0.418. The van der Waals surface area contributed by atoms with Crippen LogP contribution in [0.1, 0.15) is 41.3 Å². The fraction of sp³-hybridized carbons (Fsp3) is 0.393. The Labute approximate surface area is 205 Å². The molecular weight excluding hydrogens is 447 g/mol. The van der Waals surface area contributed by atoms with Gasteiger partial charge in [-0.15, -0.1) is 11.3 Å². The number of carbonyl (C=O) groups excluding carboxylic acids is 1. The first-order valence-electron chi connectivity index (χ1n) is 12.3. The van der Waals surface area contributed by atoms with E-state index in [4.69, 9.17) is 4.74 Å². The largest absolute Gasteiger partial charge is 0.440 e. The van der Waals surface area contributed by atoms with Gasteiger partial charge in [0.05, 0.1) is 25.7 Å². The van der Waals surface area contributed by atoms with E-state index in [0.29, 0.717) is 5.92 Å². The van der Waals surface area contributed by atoms with Crippen LogP contribution in [0.5, 0.6) is 0 Å². The van der Waals surface area contributed by atoms with Gasteiger partial charge in [-0.25, -0.2) is 9.18 Å². The maximum atomic E-state index is 13.9. The standard InChI is InChI=1S/C28H31FN2O2S/c29-24-11-4-10-23(19-24)27(26-12-6-18-34-26)30-28(32)33-25-20-31(16-13-22(25)14-17-31)15-5-9-21-7-2-1-3-8-21/h1-4,6-8,10-12,18-19,22,25,27H,5,9,13-17,20H2/p+1/t22?,25-,27?,31?/m0/s1. The molecule has 1 N–H and O–H groups in total. The Hall–Kier alpha value is -2.70. The minimum absolute atomic E-state index is 0.0595. The average molecular weight is 480 g/mol. The summed E-state index contributed by atoms with van der Waals surface area (Å²) in [6.07, 6.45) is 3.99. The molecule has 2 atom stereocenters. The van der Waals surface area contributed by atoms with Gasteiger partial charge in [0.1, 0.15) is 12.4 Å². The van der Waals surface area contributed by atoms with Crippen molar-refractivity contribution < 1.29 is 18.4 Å². The number of alkyl carbamates (subject to hydrolysis) is 1. The van der Waals surface area contributed by atoms with E-state index in [9.17, 15) is 9.18 Å². The molecule has 6 heteroatoms. The first-order valence-corrected chi connectivity index (χ1v) is 13.1. The molecule has 3 fully saturated rings. The van der Waals surface area contributed by atoms with Gasteiger partial charge in [0.15, 0.2) is 6.10 Å². The van der Waals surface area contributed by atoms with Gasteiger partial charge >= 0.3 is 6.09 Å². The van der Waals surface area contributed by atoms with Crippen molar-refractivity contribution in [1.82, 2.24) is 5.32 Å². The highest BCUT2D eigenvalue weighted by atomic mass is 32.1. The quantitative estimate of drug-likeness (QED) is 0.406. The highest BCUT2D eigenvalue weighted by molar-refractivity contribution is 7.10. The lowest BCUT2D eigenvalue weighted by atomic mass is 9.83. The SMILES string of the molecule is O=C(NC(c1cccc(F)c1)c1cccs1)O[C@H]1C[N+]2(CCCc3ccccc3)CCC1CC2. The van der Waals surface area contributed by atoms with E-state index in [0.717, 1.165) is 53.7 Å². The second-order valence-corrected chi connectivity index (χ2v) is 10.7. The Morgan fingerprint density at radius 1 is 1.09 bits per heavy atom. The summed E-state index contributed by atoms with van der Waals surface area (Å²) in [5.74, 6) is 0.128. The number of nitrogens with zero attached hydrogens (tertiary/aromatic N) is 1. The van der Waals surface area contributed by atoms with Gasteiger partial charge in [-0.05, 0) is 41.1 Å². The van der Waals surface area contributed by atoms with Crippen LogP contribution in [0, 0.1) is 11.7 Å². The van der Waals surface area contributed by atoms with Crippen molar-refractivity contribution in [1.29, 1.82) is 0 Å². The van der Waals surface area contributed by atoms with Crippen molar-refractivity contribution in [3.05, 3.63) is 93.9 Å². The Bertz CT molecular complexity index is 1080. The fourth-order valence-corrected chi connectivity index (χ4v) is 6.48. The molecule has 0 spiro atoms. The van der Waals surface area contributed by atoms with Crippen LogP contribution in [-0.4, -0.2) is 42.9 Å². The van der Waals surface area contributed by atoms with E-state index < -0.39 is 12.1 Å². The summed E-state index contributed by atoms with van der Waals surface area (Å²) in [6.45, 7) is 4.39. The predicted molar refractivity (Wildman–Crippen MR) is 133 cm³/mol. The molecule has 3 aliphatic heterocycles. The first-order chi connectivity index (χ1) is 16.6. The summed E-state index contributed by atoms with van der Waals surface area (Å²) in [4.78, 5) is 14.0. The number of hydrogen-bond donors (Lipinski definition) is 1. The highest BCUT2D eigenvalue weighted by Gasteiger charge is 2.47. The molecule has 0 aliphatic carbocycles. The number of amides is 1. The molecule has 0 radical (unpaired) electrons.